The van der Waals surface area contributed by atoms with Crippen LogP contribution in [0.25, 0.3) is 0 Å². The molecule has 0 atom stereocenters. The molecule has 0 aliphatic rings. The maximum Gasteiger partial charge on any atom is 0.397 e. The van der Waals surface area contributed by atoms with Crippen LogP contribution < -0.4 is 11.7 Å². The van der Waals surface area contributed by atoms with Crippen LogP contribution in [0.3, 0.4) is 0 Å². The Morgan fingerprint density at radius 2 is 1.70 bits per heavy atom. The molecule has 0 spiro atoms. The number of hydrogen-bond donors (Lipinski definition) is 3. The quantitative estimate of drug-likeness (QED) is 0.280. The van der Waals surface area contributed by atoms with E-state index in [2.05, 4.69) is 15.9 Å². The minimum atomic E-state index is -4.22. The Morgan fingerprint density at radius 1 is 1.40 bits per heavy atom. The molecule has 0 heterocycles. The van der Waals surface area contributed by atoms with E-state index in [9.17, 15) is 8.42 Å². The minimum Gasteiger partial charge on any atom is -0.274 e. The van der Waals surface area contributed by atoms with Crippen LogP contribution in [0, 0.1) is 0 Å². The van der Waals surface area contributed by atoms with Crippen molar-refractivity contribution in [2.75, 3.05) is 0 Å². The van der Waals surface area contributed by atoms with E-state index in [0.29, 0.717) is 0 Å². The summed E-state index contributed by atoms with van der Waals surface area (Å²) in [5, 5.41) is 0. The second kappa shape index (κ2) is 5.57. The molecule has 0 aromatic carbocycles. The molecule has 64 valence electrons. The Labute approximate surface area is 60.1 Å². The molecule has 5 N–H and O–H groups in total. The SMILES string of the molecule is CC(C)OS(=O)(=O)O.NN. The molecule has 0 aromatic heterocycles. The first kappa shape index (κ1) is 12.5. The van der Waals surface area contributed by atoms with Crippen LogP contribution in [0.5, 0.6) is 0 Å². The molecule has 0 bridgehead atoms. The van der Waals surface area contributed by atoms with Gasteiger partial charge in [-0.05, 0) is 13.8 Å². The normalized spacial score (nSPS) is 10.6. The van der Waals surface area contributed by atoms with Crippen molar-refractivity contribution in [3.8, 4) is 0 Å². The van der Waals surface area contributed by atoms with Gasteiger partial charge in [0.2, 0.25) is 0 Å². The van der Waals surface area contributed by atoms with Gasteiger partial charge in [-0.15, -0.1) is 0 Å². The van der Waals surface area contributed by atoms with E-state index in [4.69, 9.17) is 4.55 Å². The standard InChI is InChI=1S/C3H8O4S.H4N2/c1-3(2)7-8(4,5)6;1-2/h3H,1-2H3,(H,4,5,6);1-2H2. The van der Waals surface area contributed by atoms with Crippen molar-refractivity contribution in [1.29, 1.82) is 0 Å². The van der Waals surface area contributed by atoms with E-state index < -0.39 is 16.5 Å². The van der Waals surface area contributed by atoms with Crippen molar-refractivity contribution in [2.45, 2.75) is 20.0 Å². The monoisotopic (exact) mass is 172 g/mol. The average molecular weight is 172 g/mol. The zero-order valence-corrected chi connectivity index (χ0v) is 6.63. The zero-order valence-electron chi connectivity index (χ0n) is 5.81. The lowest BCUT2D eigenvalue weighted by Gasteiger charge is -1.99. The highest BCUT2D eigenvalue weighted by Crippen LogP contribution is 1.92. The van der Waals surface area contributed by atoms with Crippen LogP contribution in [0.4, 0.5) is 0 Å². The van der Waals surface area contributed by atoms with Crippen molar-refractivity contribution in [2.24, 2.45) is 11.7 Å². The highest BCUT2D eigenvalue weighted by atomic mass is 32.3. The van der Waals surface area contributed by atoms with E-state index >= 15 is 0 Å². The molecular weight excluding hydrogens is 160 g/mol. The molecule has 0 radical (unpaired) electrons. The fraction of sp³-hybridized carbons (Fsp3) is 1.00. The first-order chi connectivity index (χ1) is 4.42. The van der Waals surface area contributed by atoms with E-state index in [0.717, 1.165) is 0 Å². The second-order valence-corrected chi connectivity index (χ2v) is 2.62. The van der Waals surface area contributed by atoms with Gasteiger partial charge in [0.1, 0.15) is 0 Å². The number of hydrazine groups is 1. The molecule has 10 heavy (non-hydrogen) atoms. The zero-order chi connectivity index (χ0) is 8.78. The van der Waals surface area contributed by atoms with Gasteiger partial charge in [0, 0.05) is 0 Å². The van der Waals surface area contributed by atoms with Gasteiger partial charge in [-0.1, -0.05) is 0 Å². The summed E-state index contributed by atoms with van der Waals surface area (Å²) in [5.74, 6) is 8.00. The third kappa shape index (κ3) is 15.7. The van der Waals surface area contributed by atoms with Gasteiger partial charge in [-0.25, -0.2) is 4.18 Å². The van der Waals surface area contributed by atoms with Gasteiger partial charge in [0.05, 0.1) is 6.10 Å². The van der Waals surface area contributed by atoms with E-state index in [1.54, 1.807) is 0 Å². The molecular formula is C3H12N2O4S. The fourth-order valence-corrected chi connectivity index (χ4v) is 0.730. The molecule has 0 amide bonds. The van der Waals surface area contributed by atoms with Crippen LogP contribution in [0.15, 0.2) is 0 Å². The van der Waals surface area contributed by atoms with Gasteiger partial charge in [-0.3, -0.25) is 16.2 Å². The summed E-state index contributed by atoms with van der Waals surface area (Å²) in [5.41, 5.74) is 0. The molecule has 0 unspecified atom stereocenters. The molecule has 0 saturated carbocycles. The molecule has 0 aliphatic carbocycles. The fourth-order valence-electron chi connectivity index (χ4n) is 0.243. The largest absolute Gasteiger partial charge is 0.397 e. The lowest BCUT2D eigenvalue weighted by Crippen LogP contribution is -2.10. The van der Waals surface area contributed by atoms with E-state index in [1.165, 1.54) is 13.8 Å². The summed E-state index contributed by atoms with van der Waals surface area (Å²) in [6.07, 6.45) is -0.495. The Morgan fingerprint density at radius 3 is 1.70 bits per heavy atom. The lowest BCUT2D eigenvalue weighted by molar-refractivity contribution is 0.213. The van der Waals surface area contributed by atoms with Gasteiger partial charge >= 0.3 is 10.4 Å². The van der Waals surface area contributed by atoms with Crippen molar-refractivity contribution in [1.82, 2.24) is 0 Å². The minimum absolute atomic E-state index is 0.495. The average Bonchev–Trinajstić information content (AvgIpc) is 1.64. The molecule has 0 aromatic rings. The summed E-state index contributed by atoms with van der Waals surface area (Å²) in [4.78, 5) is 0. The van der Waals surface area contributed by atoms with Crippen LogP contribution in [0.1, 0.15) is 13.8 Å². The Balaban J connectivity index is 0. The highest BCUT2D eigenvalue weighted by molar-refractivity contribution is 7.80. The summed E-state index contributed by atoms with van der Waals surface area (Å²) in [7, 11) is -4.22. The summed E-state index contributed by atoms with van der Waals surface area (Å²) in [6, 6.07) is 0. The third-order valence-electron chi connectivity index (χ3n) is 0.314. The summed E-state index contributed by atoms with van der Waals surface area (Å²) >= 11 is 0. The molecule has 0 rings (SSSR count). The van der Waals surface area contributed by atoms with Crippen LogP contribution in [-0.4, -0.2) is 19.1 Å². The lowest BCUT2D eigenvalue weighted by atomic mass is 10.5. The van der Waals surface area contributed by atoms with Crippen molar-refractivity contribution >= 4 is 10.4 Å². The Hall–Kier alpha value is -0.210. The van der Waals surface area contributed by atoms with E-state index in [-0.39, 0.29) is 0 Å². The van der Waals surface area contributed by atoms with Gasteiger partial charge in [-0.2, -0.15) is 8.42 Å². The van der Waals surface area contributed by atoms with Crippen LogP contribution in [0.2, 0.25) is 0 Å². The molecule has 6 nitrogen and oxygen atoms in total. The molecule has 7 heteroatoms. The van der Waals surface area contributed by atoms with Crippen molar-refractivity contribution in [3.05, 3.63) is 0 Å². The van der Waals surface area contributed by atoms with Gasteiger partial charge in [0.25, 0.3) is 0 Å². The number of rotatable bonds is 2. The Kier molecular flexibility index (Phi) is 6.94. The predicted molar refractivity (Wildman–Crippen MR) is 36.1 cm³/mol. The van der Waals surface area contributed by atoms with Crippen LogP contribution in [-0.2, 0) is 14.6 Å². The van der Waals surface area contributed by atoms with Crippen molar-refractivity contribution < 1.29 is 17.2 Å². The maximum absolute atomic E-state index is 9.78. The molecule has 0 saturated heterocycles. The molecule has 0 aliphatic heterocycles. The molecule has 0 fully saturated rings. The second-order valence-electron chi connectivity index (χ2n) is 1.57. The highest BCUT2D eigenvalue weighted by Gasteiger charge is 2.05. The van der Waals surface area contributed by atoms with Crippen LogP contribution >= 0.6 is 0 Å². The van der Waals surface area contributed by atoms with Gasteiger partial charge in [0.15, 0.2) is 0 Å². The van der Waals surface area contributed by atoms with Gasteiger partial charge < -0.3 is 0 Å². The first-order valence-electron chi connectivity index (χ1n) is 2.41. The summed E-state index contributed by atoms with van der Waals surface area (Å²) in [6.45, 7) is 3.02. The number of hydrogen-bond acceptors (Lipinski definition) is 5. The first-order valence-corrected chi connectivity index (χ1v) is 3.77. The Bertz CT molecular complexity index is 152. The van der Waals surface area contributed by atoms with Crippen molar-refractivity contribution in [3.63, 3.8) is 0 Å². The third-order valence-corrected chi connectivity index (χ3v) is 0.942. The smallest absolute Gasteiger partial charge is 0.274 e. The van der Waals surface area contributed by atoms with E-state index in [1.807, 2.05) is 0 Å². The predicted octanol–water partition coefficient (Wildman–Crippen LogP) is -0.967. The maximum atomic E-state index is 9.78. The topological polar surface area (TPSA) is 116 Å². The number of nitrogens with two attached hydrogens (primary N) is 2. The summed E-state index contributed by atoms with van der Waals surface area (Å²) < 4.78 is 31.5.